The molecule has 6 heteroatoms. The van der Waals surface area contributed by atoms with Gasteiger partial charge in [0.1, 0.15) is 6.29 Å². The number of sulfonamides is 1. The molecule has 0 amide bonds. The van der Waals surface area contributed by atoms with Crippen LogP contribution in [0.4, 0.5) is 0 Å². The summed E-state index contributed by atoms with van der Waals surface area (Å²) in [6.45, 7) is 0.348. The SMILES string of the molecule is CN(CCS)S(=O)(=O)c1ccc(C=O)cc1. The number of nitrogens with zero attached hydrogens (tertiary/aromatic N) is 1. The second kappa shape index (κ2) is 5.47. The van der Waals surface area contributed by atoms with Gasteiger partial charge in [-0.15, -0.1) is 0 Å². The molecule has 1 aromatic rings. The molecule has 0 aliphatic rings. The van der Waals surface area contributed by atoms with Crippen molar-refractivity contribution in [2.45, 2.75) is 4.90 Å². The molecule has 0 unspecified atom stereocenters. The number of hydrogen-bond acceptors (Lipinski definition) is 4. The fourth-order valence-electron chi connectivity index (χ4n) is 1.16. The first-order chi connectivity index (χ1) is 7.52. The lowest BCUT2D eigenvalue weighted by molar-refractivity contribution is 0.112. The normalized spacial score (nSPS) is 11.7. The van der Waals surface area contributed by atoms with E-state index in [1.165, 1.54) is 35.6 Å². The quantitative estimate of drug-likeness (QED) is 0.635. The Morgan fingerprint density at radius 2 is 1.88 bits per heavy atom. The van der Waals surface area contributed by atoms with E-state index in [9.17, 15) is 13.2 Å². The predicted molar refractivity (Wildman–Crippen MR) is 65.5 cm³/mol. The van der Waals surface area contributed by atoms with E-state index in [-0.39, 0.29) is 4.90 Å². The summed E-state index contributed by atoms with van der Waals surface area (Å²) >= 11 is 3.98. The summed E-state index contributed by atoms with van der Waals surface area (Å²) in [5.74, 6) is 0.460. The molecule has 0 spiro atoms. The number of thiol groups is 1. The van der Waals surface area contributed by atoms with Crippen LogP contribution in [0.15, 0.2) is 29.2 Å². The van der Waals surface area contributed by atoms with Crippen molar-refractivity contribution in [1.29, 1.82) is 0 Å². The third-order valence-electron chi connectivity index (χ3n) is 2.14. The lowest BCUT2D eigenvalue weighted by Gasteiger charge is -2.15. The first-order valence-electron chi connectivity index (χ1n) is 4.65. The first-order valence-corrected chi connectivity index (χ1v) is 6.72. The second-order valence-corrected chi connectivity index (χ2v) is 5.73. The Balaban J connectivity index is 3.02. The highest BCUT2D eigenvalue weighted by molar-refractivity contribution is 7.89. The average molecular weight is 259 g/mol. The Kier molecular flexibility index (Phi) is 4.52. The van der Waals surface area contributed by atoms with Crippen LogP contribution in [-0.4, -0.2) is 38.4 Å². The molecule has 0 N–H and O–H groups in total. The van der Waals surface area contributed by atoms with Crippen LogP contribution in [0, 0.1) is 0 Å². The number of rotatable bonds is 5. The van der Waals surface area contributed by atoms with Crippen LogP contribution in [0.2, 0.25) is 0 Å². The molecule has 0 aromatic heterocycles. The Labute approximate surface area is 101 Å². The van der Waals surface area contributed by atoms with Gasteiger partial charge in [0.15, 0.2) is 0 Å². The van der Waals surface area contributed by atoms with Crippen molar-refractivity contribution >= 4 is 28.9 Å². The molecule has 0 saturated heterocycles. The lowest BCUT2D eigenvalue weighted by atomic mass is 10.2. The van der Waals surface area contributed by atoms with Gasteiger partial charge in [-0.2, -0.15) is 12.6 Å². The van der Waals surface area contributed by atoms with E-state index in [2.05, 4.69) is 12.6 Å². The van der Waals surface area contributed by atoms with Gasteiger partial charge < -0.3 is 0 Å². The van der Waals surface area contributed by atoms with Gasteiger partial charge in [-0.25, -0.2) is 12.7 Å². The Bertz CT molecular complexity index is 453. The van der Waals surface area contributed by atoms with Crippen molar-refractivity contribution in [2.24, 2.45) is 0 Å². The minimum Gasteiger partial charge on any atom is -0.298 e. The fraction of sp³-hybridized carbons (Fsp3) is 0.300. The van der Waals surface area contributed by atoms with Crippen molar-refractivity contribution in [3.8, 4) is 0 Å². The molecule has 0 bridgehead atoms. The standard InChI is InChI=1S/C10H13NO3S2/c1-11(6-7-15)16(13,14)10-4-2-9(8-12)3-5-10/h2-5,8,15H,6-7H2,1H3. The zero-order chi connectivity index (χ0) is 12.2. The maximum Gasteiger partial charge on any atom is 0.242 e. The van der Waals surface area contributed by atoms with Crippen molar-refractivity contribution in [1.82, 2.24) is 4.31 Å². The number of hydrogen-bond donors (Lipinski definition) is 1. The van der Waals surface area contributed by atoms with E-state index >= 15 is 0 Å². The molecule has 1 aromatic carbocycles. The van der Waals surface area contributed by atoms with Crippen LogP contribution in [0.5, 0.6) is 0 Å². The van der Waals surface area contributed by atoms with Crippen LogP contribution in [0.1, 0.15) is 10.4 Å². The van der Waals surface area contributed by atoms with E-state index in [1.807, 2.05) is 0 Å². The molecule has 0 heterocycles. The molecule has 16 heavy (non-hydrogen) atoms. The summed E-state index contributed by atoms with van der Waals surface area (Å²) in [5, 5.41) is 0. The molecule has 0 aliphatic heterocycles. The maximum atomic E-state index is 11.9. The van der Waals surface area contributed by atoms with Crippen LogP contribution in [-0.2, 0) is 10.0 Å². The molecule has 88 valence electrons. The first kappa shape index (κ1) is 13.2. The summed E-state index contributed by atoms with van der Waals surface area (Å²) in [4.78, 5) is 10.6. The number of benzene rings is 1. The zero-order valence-corrected chi connectivity index (χ0v) is 10.5. The van der Waals surface area contributed by atoms with Gasteiger partial charge in [0.2, 0.25) is 10.0 Å². The Morgan fingerprint density at radius 3 is 2.31 bits per heavy atom. The predicted octanol–water partition coefficient (Wildman–Crippen LogP) is 1.05. The molecule has 0 aliphatic carbocycles. The molecule has 0 fully saturated rings. The van der Waals surface area contributed by atoms with Crippen molar-refractivity contribution in [3.63, 3.8) is 0 Å². The highest BCUT2D eigenvalue weighted by atomic mass is 32.2. The Morgan fingerprint density at radius 1 is 1.31 bits per heavy atom. The molecule has 0 atom stereocenters. The lowest BCUT2D eigenvalue weighted by Crippen LogP contribution is -2.28. The summed E-state index contributed by atoms with van der Waals surface area (Å²) < 4.78 is 25.1. The van der Waals surface area contributed by atoms with Gasteiger partial charge in [-0.3, -0.25) is 4.79 Å². The summed E-state index contributed by atoms with van der Waals surface area (Å²) in [5.41, 5.74) is 0.454. The zero-order valence-electron chi connectivity index (χ0n) is 8.83. The summed E-state index contributed by atoms with van der Waals surface area (Å²) in [7, 11) is -1.96. The van der Waals surface area contributed by atoms with E-state index in [1.54, 1.807) is 0 Å². The number of carbonyl (C=O) groups excluding carboxylic acids is 1. The van der Waals surface area contributed by atoms with Gasteiger partial charge in [0, 0.05) is 24.9 Å². The van der Waals surface area contributed by atoms with Crippen LogP contribution >= 0.6 is 12.6 Å². The van der Waals surface area contributed by atoms with Crippen molar-refractivity contribution in [3.05, 3.63) is 29.8 Å². The van der Waals surface area contributed by atoms with E-state index in [0.717, 1.165) is 0 Å². The summed E-state index contributed by atoms with van der Waals surface area (Å²) in [6.07, 6.45) is 0.674. The third-order valence-corrected chi connectivity index (χ3v) is 4.21. The largest absolute Gasteiger partial charge is 0.298 e. The molecule has 4 nitrogen and oxygen atoms in total. The smallest absolute Gasteiger partial charge is 0.242 e. The van der Waals surface area contributed by atoms with Crippen LogP contribution < -0.4 is 0 Å². The number of aldehydes is 1. The number of carbonyl (C=O) groups is 1. The second-order valence-electron chi connectivity index (χ2n) is 3.24. The van der Waals surface area contributed by atoms with Gasteiger partial charge >= 0.3 is 0 Å². The van der Waals surface area contributed by atoms with Gasteiger partial charge in [-0.05, 0) is 12.1 Å². The summed E-state index contributed by atoms with van der Waals surface area (Å²) in [6, 6.07) is 5.81. The van der Waals surface area contributed by atoms with E-state index < -0.39 is 10.0 Å². The minimum absolute atomic E-state index is 0.183. The van der Waals surface area contributed by atoms with E-state index in [4.69, 9.17) is 0 Å². The Hall–Kier alpha value is -0.850. The third kappa shape index (κ3) is 2.84. The molecule has 0 saturated carbocycles. The van der Waals surface area contributed by atoms with E-state index in [0.29, 0.717) is 24.1 Å². The van der Waals surface area contributed by atoms with Gasteiger partial charge in [-0.1, -0.05) is 12.1 Å². The van der Waals surface area contributed by atoms with Crippen LogP contribution in [0.25, 0.3) is 0 Å². The molecular weight excluding hydrogens is 246 g/mol. The highest BCUT2D eigenvalue weighted by Crippen LogP contribution is 2.14. The molecule has 1 rings (SSSR count). The van der Waals surface area contributed by atoms with Crippen molar-refractivity contribution in [2.75, 3.05) is 19.3 Å². The minimum atomic E-state index is -3.46. The molecular formula is C10H13NO3S2. The molecule has 0 radical (unpaired) electrons. The van der Waals surface area contributed by atoms with Crippen molar-refractivity contribution < 1.29 is 13.2 Å². The average Bonchev–Trinajstić information content (AvgIpc) is 2.29. The van der Waals surface area contributed by atoms with Gasteiger partial charge in [0.25, 0.3) is 0 Å². The van der Waals surface area contributed by atoms with Crippen LogP contribution in [0.3, 0.4) is 0 Å². The monoisotopic (exact) mass is 259 g/mol. The maximum absolute atomic E-state index is 11.9. The highest BCUT2D eigenvalue weighted by Gasteiger charge is 2.19. The van der Waals surface area contributed by atoms with Gasteiger partial charge in [0.05, 0.1) is 4.90 Å². The fourth-order valence-corrected chi connectivity index (χ4v) is 2.77. The topological polar surface area (TPSA) is 54.5 Å².